The van der Waals surface area contributed by atoms with Crippen LogP contribution in [0.1, 0.15) is 37.7 Å². The maximum Gasteiger partial charge on any atom is 0.259 e. The Morgan fingerprint density at radius 1 is 1.04 bits per heavy atom. The van der Waals surface area contributed by atoms with E-state index in [0.29, 0.717) is 29.1 Å². The predicted molar refractivity (Wildman–Crippen MR) is 100 cm³/mol. The lowest BCUT2D eigenvalue weighted by molar-refractivity contribution is 0.0998. The fourth-order valence-corrected chi connectivity index (χ4v) is 2.85. The number of anilines is 1. The van der Waals surface area contributed by atoms with Gasteiger partial charge in [0.1, 0.15) is 0 Å². The summed E-state index contributed by atoms with van der Waals surface area (Å²) in [5.74, 6) is -0.733. The van der Waals surface area contributed by atoms with E-state index in [1.54, 1.807) is 24.3 Å². The molecule has 132 valence electrons. The van der Waals surface area contributed by atoms with Crippen LogP contribution in [0.4, 0.5) is 5.69 Å². The van der Waals surface area contributed by atoms with Crippen LogP contribution in [0.25, 0.3) is 0 Å². The summed E-state index contributed by atoms with van der Waals surface area (Å²) >= 11 is 0. The van der Waals surface area contributed by atoms with E-state index < -0.39 is 5.91 Å². The number of amides is 2. The van der Waals surface area contributed by atoms with E-state index in [0.717, 1.165) is 11.3 Å². The molecule has 3 N–H and O–H groups in total. The monoisotopic (exact) mass is 348 g/mol. The average molecular weight is 348 g/mol. The van der Waals surface area contributed by atoms with Gasteiger partial charge < -0.3 is 11.1 Å². The van der Waals surface area contributed by atoms with E-state index >= 15 is 0 Å². The Labute approximate surface area is 151 Å². The average Bonchev–Trinajstić information content (AvgIpc) is 2.90. The molecule has 0 aliphatic carbocycles. The van der Waals surface area contributed by atoms with Crippen molar-refractivity contribution in [2.24, 2.45) is 5.73 Å². The summed E-state index contributed by atoms with van der Waals surface area (Å²) in [7, 11) is 0. The van der Waals surface area contributed by atoms with Gasteiger partial charge in [-0.05, 0) is 43.7 Å². The fraction of sp³-hybridized carbons (Fsp3) is 0.150. The Morgan fingerprint density at radius 3 is 2.31 bits per heavy atom. The van der Waals surface area contributed by atoms with Crippen LogP contribution in [0, 0.1) is 13.8 Å². The predicted octanol–water partition coefficient (Wildman–Crippen LogP) is 2.90. The van der Waals surface area contributed by atoms with Gasteiger partial charge in [0.15, 0.2) is 0 Å². The third-order valence-corrected chi connectivity index (χ3v) is 4.21. The molecule has 26 heavy (non-hydrogen) atoms. The molecule has 0 aliphatic rings. The molecule has 0 atom stereocenters. The number of benzene rings is 2. The minimum atomic E-state index is -0.503. The fourth-order valence-electron chi connectivity index (χ4n) is 2.85. The largest absolute Gasteiger partial charge is 0.366 e. The van der Waals surface area contributed by atoms with Crippen LogP contribution in [-0.4, -0.2) is 21.6 Å². The zero-order valence-electron chi connectivity index (χ0n) is 14.7. The van der Waals surface area contributed by atoms with Crippen molar-refractivity contribution in [2.45, 2.75) is 20.4 Å². The molecule has 0 spiro atoms. The highest BCUT2D eigenvalue weighted by Gasteiger charge is 2.19. The number of nitrogens with zero attached hydrogens (tertiary/aromatic N) is 2. The van der Waals surface area contributed by atoms with Crippen LogP contribution < -0.4 is 11.1 Å². The van der Waals surface area contributed by atoms with E-state index in [-0.39, 0.29) is 5.91 Å². The van der Waals surface area contributed by atoms with E-state index in [9.17, 15) is 9.59 Å². The van der Waals surface area contributed by atoms with Crippen molar-refractivity contribution in [3.8, 4) is 0 Å². The molecule has 0 bridgehead atoms. The second-order valence-electron chi connectivity index (χ2n) is 6.08. The highest BCUT2D eigenvalue weighted by molar-refractivity contribution is 6.06. The van der Waals surface area contributed by atoms with Gasteiger partial charge in [0.2, 0.25) is 5.91 Å². The van der Waals surface area contributed by atoms with E-state index in [4.69, 9.17) is 5.73 Å². The molecule has 3 rings (SSSR count). The topological polar surface area (TPSA) is 90.0 Å². The zero-order chi connectivity index (χ0) is 18.7. The van der Waals surface area contributed by atoms with Crippen molar-refractivity contribution in [1.82, 2.24) is 9.78 Å². The molecule has 6 nitrogen and oxygen atoms in total. The lowest BCUT2D eigenvalue weighted by Crippen LogP contribution is -2.15. The number of nitrogens with one attached hydrogen (secondary N) is 1. The van der Waals surface area contributed by atoms with E-state index in [2.05, 4.69) is 10.4 Å². The Kier molecular flexibility index (Phi) is 4.84. The third-order valence-electron chi connectivity index (χ3n) is 4.21. The molecule has 3 aromatic rings. The van der Waals surface area contributed by atoms with Gasteiger partial charge in [-0.3, -0.25) is 14.3 Å². The smallest absolute Gasteiger partial charge is 0.259 e. The first kappa shape index (κ1) is 17.4. The Hall–Kier alpha value is -3.41. The van der Waals surface area contributed by atoms with E-state index in [1.807, 2.05) is 48.9 Å². The maximum absolute atomic E-state index is 12.7. The molecular formula is C20H20N4O2. The van der Waals surface area contributed by atoms with Gasteiger partial charge in [0.05, 0.1) is 17.8 Å². The van der Waals surface area contributed by atoms with Crippen molar-refractivity contribution in [3.05, 3.63) is 82.7 Å². The van der Waals surface area contributed by atoms with Crippen LogP contribution in [0.5, 0.6) is 0 Å². The van der Waals surface area contributed by atoms with Gasteiger partial charge >= 0.3 is 0 Å². The lowest BCUT2D eigenvalue weighted by atomic mass is 10.1. The SMILES string of the molecule is Cc1nn(Cc2ccccc2)c(C)c1C(=O)Nc1ccc(C(N)=O)cc1. The number of primary amides is 1. The number of carbonyl (C=O) groups is 2. The van der Waals surface area contributed by atoms with Crippen LogP contribution in [0.3, 0.4) is 0 Å². The zero-order valence-corrected chi connectivity index (χ0v) is 14.7. The second kappa shape index (κ2) is 7.23. The molecule has 0 aliphatic heterocycles. The minimum Gasteiger partial charge on any atom is -0.366 e. The number of hydrogen-bond acceptors (Lipinski definition) is 3. The highest BCUT2D eigenvalue weighted by Crippen LogP contribution is 2.18. The summed E-state index contributed by atoms with van der Waals surface area (Å²) in [5.41, 5.74) is 9.36. The summed E-state index contributed by atoms with van der Waals surface area (Å²) in [6, 6.07) is 16.4. The number of aryl methyl sites for hydroxylation is 1. The summed E-state index contributed by atoms with van der Waals surface area (Å²) in [5, 5.41) is 7.34. The standard InChI is InChI=1S/C20H20N4O2/c1-13-18(14(2)24(23-13)12-15-6-4-3-5-7-15)20(26)22-17-10-8-16(9-11-17)19(21)25/h3-11H,12H2,1-2H3,(H2,21,25)(H,22,26). The van der Waals surface area contributed by atoms with Crippen molar-refractivity contribution in [3.63, 3.8) is 0 Å². The van der Waals surface area contributed by atoms with Gasteiger partial charge in [-0.25, -0.2) is 0 Å². The second-order valence-corrected chi connectivity index (χ2v) is 6.08. The highest BCUT2D eigenvalue weighted by atomic mass is 16.2. The van der Waals surface area contributed by atoms with Gasteiger partial charge in [-0.2, -0.15) is 5.10 Å². The number of carbonyl (C=O) groups excluding carboxylic acids is 2. The first-order valence-electron chi connectivity index (χ1n) is 8.25. The molecule has 6 heteroatoms. The van der Waals surface area contributed by atoms with Crippen molar-refractivity contribution < 1.29 is 9.59 Å². The van der Waals surface area contributed by atoms with Gasteiger partial charge in [0, 0.05) is 16.9 Å². The van der Waals surface area contributed by atoms with Gasteiger partial charge in [-0.1, -0.05) is 30.3 Å². The van der Waals surface area contributed by atoms with Crippen molar-refractivity contribution >= 4 is 17.5 Å². The number of rotatable bonds is 5. The van der Waals surface area contributed by atoms with Crippen LogP contribution >= 0.6 is 0 Å². The molecule has 0 fully saturated rings. The Bertz CT molecular complexity index is 944. The van der Waals surface area contributed by atoms with Crippen LogP contribution in [0.15, 0.2) is 54.6 Å². The van der Waals surface area contributed by atoms with Crippen LogP contribution in [0.2, 0.25) is 0 Å². The Morgan fingerprint density at radius 2 is 1.69 bits per heavy atom. The molecule has 0 saturated heterocycles. The number of hydrogen-bond donors (Lipinski definition) is 2. The summed E-state index contributed by atoms with van der Waals surface area (Å²) in [6.45, 7) is 4.31. The maximum atomic E-state index is 12.7. The molecule has 1 heterocycles. The van der Waals surface area contributed by atoms with Crippen LogP contribution in [-0.2, 0) is 6.54 Å². The third kappa shape index (κ3) is 3.64. The summed E-state index contributed by atoms with van der Waals surface area (Å²) in [6.07, 6.45) is 0. The number of aromatic nitrogens is 2. The molecular weight excluding hydrogens is 328 g/mol. The lowest BCUT2D eigenvalue weighted by Gasteiger charge is -2.07. The van der Waals surface area contributed by atoms with Crippen molar-refractivity contribution in [1.29, 1.82) is 0 Å². The molecule has 0 unspecified atom stereocenters. The quantitative estimate of drug-likeness (QED) is 0.743. The first-order valence-corrected chi connectivity index (χ1v) is 8.25. The number of nitrogens with two attached hydrogens (primary N) is 1. The summed E-state index contributed by atoms with van der Waals surface area (Å²) in [4.78, 5) is 23.8. The Balaban J connectivity index is 1.80. The molecule has 2 amide bonds. The molecule has 0 radical (unpaired) electrons. The molecule has 0 saturated carbocycles. The minimum absolute atomic E-state index is 0.230. The normalized spacial score (nSPS) is 10.5. The first-order chi connectivity index (χ1) is 12.5. The molecule has 1 aromatic heterocycles. The van der Waals surface area contributed by atoms with Gasteiger partial charge in [0.25, 0.3) is 5.91 Å². The van der Waals surface area contributed by atoms with Crippen molar-refractivity contribution in [2.75, 3.05) is 5.32 Å². The summed E-state index contributed by atoms with van der Waals surface area (Å²) < 4.78 is 1.83. The van der Waals surface area contributed by atoms with Gasteiger partial charge in [-0.15, -0.1) is 0 Å². The molecule has 2 aromatic carbocycles. The van der Waals surface area contributed by atoms with E-state index in [1.165, 1.54) is 0 Å².